The first-order valence-corrected chi connectivity index (χ1v) is 22.6. The first-order valence-electron chi connectivity index (χ1n) is 21.0. The van der Waals surface area contributed by atoms with Crippen molar-refractivity contribution in [2.24, 2.45) is 0 Å². The molecule has 4 nitrogen and oxygen atoms in total. The van der Waals surface area contributed by atoms with Gasteiger partial charge in [0.25, 0.3) is 0 Å². The molecule has 3 aliphatic carbocycles. The van der Waals surface area contributed by atoms with Crippen LogP contribution in [0.5, 0.6) is 0 Å². The molecular weight excluding hydrogens is 891 g/mol. The monoisotopic (exact) mass is 936 g/mol. The van der Waals surface area contributed by atoms with Crippen molar-refractivity contribution < 1.29 is 10.0 Å². The average Bonchev–Trinajstić information content (AvgIpc) is 3.77. The van der Waals surface area contributed by atoms with E-state index in [0.717, 1.165) is 25.9 Å². The summed E-state index contributed by atoms with van der Waals surface area (Å²) in [6.07, 6.45) is 3.77. The maximum Gasteiger partial charge on any atom is 0.488 e. The molecule has 3 aliphatic rings. The van der Waals surface area contributed by atoms with E-state index in [-0.39, 0.29) is 16.2 Å². The predicted molar refractivity (Wildman–Crippen MR) is 264 cm³/mol. The molecule has 0 spiro atoms. The second-order valence-corrected chi connectivity index (χ2v) is 19.7. The first kappa shape index (κ1) is 41.9. The molecule has 0 amide bonds. The lowest BCUT2D eigenvalue weighted by molar-refractivity contribution is 0.425. The zero-order chi connectivity index (χ0) is 43.6. The van der Waals surface area contributed by atoms with Crippen molar-refractivity contribution >= 4 is 44.4 Å². The highest BCUT2D eigenvalue weighted by Gasteiger charge is 2.37. The fourth-order valence-electron chi connectivity index (χ4n) is 9.72. The highest BCUT2D eigenvalue weighted by atomic mass is 79.9. The van der Waals surface area contributed by atoms with E-state index >= 15 is 0 Å². The number of aromatic nitrogens is 2. The number of nitrogens with zero attached hydrogens (tertiary/aromatic N) is 2. The van der Waals surface area contributed by atoms with Gasteiger partial charge in [0.05, 0.1) is 5.69 Å². The Hall–Kier alpha value is -5.44. The van der Waals surface area contributed by atoms with Crippen LogP contribution in [0.3, 0.4) is 0 Å². The van der Waals surface area contributed by atoms with Crippen LogP contribution >= 0.6 is 31.9 Å². The maximum absolute atomic E-state index is 9.30. The van der Waals surface area contributed by atoms with E-state index in [1.54, 1.807) is 12.3 Å². The molecule has 11 rings (SSSR count). The van der Waals surface area contributed by atoms with Crippen LogP contribution < -0.4 is 5.46 Å². The minimum Gasteiger partial charge on any atom is -0.423 e. The van der Waals surface area contributed by atoms with Crippen LogP contribution in [-0.2, 0) is 16.2 Å². The van der Waals surface area contributed by atoms with Crippen LogP contribution in [0, 0.1) is 0 Å². The summed E-state index contributed by atoms with van der Waals surface area (Å²) in [6, 6.07) is 53.5. The van der Waals surface area contributed by atoms with Crippen LogP contribution in [-0.4, -0.2) is 27.1 Å². The number of rotatable bonds is 3. The topological polar surface area (TPSA) is 66.2 Å². The molecule has 0 bridgehead atoms. The Morgan fingerprint density at radius 1 is 0.403 bits per heavy atom. The third kappa shape index (κ3) is 7.29. The number of hydrogen-bond acceptors (Lipinski definition) is 4. The first-order chi connectivity index (χ1) is 29.7. The van der Waals surface area contributed by atoms with E-state index in [4.69, 9.17) is 4.98 Å². The van der Waals surface area contributed by atoms with Crippen LogP contribution in [0.1, 0.15) is 74.9 Å². The minimum atomic E-state index is -1.41. The number of hydrogen-bond donors (Lipinski definition) is 2. The van der Waals surface area contributed by atoms with Gasteiger partial charge in [-0.3, -0.25) is 4.98 Å². The largest absolute Gasteiger partial charge is 0.488 e. The normalized spacial score (nSPS) is 14.7. The molecule has 0 unspecified atom stereocenters. The Bertz CT molecular complexity index is 2850. The molecule has 0 fully saturated rings. The van der Waals surface area contributed by atoms with Gasteiger partial charge in [-0.2, -0.15) is 0 Å². The van der Waals surface area contributed by atoms with Gasteiger partial charge in [-0.15, -0.1) is 0 Å². The van der Waals surface area contributed by atoms with Gasteiger partial charge < -0.3 is 10.0 Å². The van der Waals surface area contributed by atoms with Crippen molar-refractivity contribution in [3.8, 4) is 55.8 Å². The molecule has 6 aromatic carbocycles. The summed E-state index contributed by atoms with van der Waals surface area (Å²) >= 11 is 6.48. The molecular formula is C55H47BBr2N2O2. The van der Waals surface area contributed by atoms with Crippen molar-refractivity contribution in [2.75, 3.05) is 0 Å². The Morgan fingerprint density at radius 2 is 0.839 bits per heavy atom. The Morgan fingerprint density at radius 3 is 1.29 bits per heavy atom. The van der Waals surface area contributed by atoms with Gasteiger partial charge in [0, 0.05) is 44.2 Å². The third-order valence-electron chi connectivity index (χ3n) is 13.2. The summed E-state index contributed by atoms with van der Waals surface area (Å²) < 4.78 is 1.86. The molecule has 2 aromatic heterocycles. The summed E-state index contributed by atoms with van der Waals surface area (Å²) in [7, 11) is -1.41. The van der Waals surface area contributed by atoms with Gasteiger partial charge in [0.1, 0.15) is 4.60 Å². The third-order valence-corrected chi connectivity index (χ3v) is 14.1. The molecule has 0 atom stereocenters. The summed E-state index contributed by atoms with van der Waals surface area (Å²) in [6.45, 7) is 13.7. The fourth-order valence-corrected chi connectivity index (χ4v) is 10.2. The highest BCUT2D eigenvalue weighted by Crippen LogP contribution is 2.51. The lowest BCUT2D eigenvalue weighted by Gasteiger charge is -2.22. The molecule has 2 N–H and O–H groups in total. The SMILES string of the molecule is Brc1ccc(Br)nc1.CC1(C)c2ccccc2-c2ccc(-c3ccc(-c4ccc5c(c4)C(C)(C)c4ccccc4-5)nc3)cc21.CC1(C)c2ccccc2-c2ccc(B(O)O)cc21. The number of halogens is 2. The fraction of sp³-hybridized carbons (Fsp3) is 0.164. The minimum absolute atomic E-state index is 0.00330. The van der Waals surface area contributed by atoms with E-state index in [1.807, 2.05) is 42.6 Å². The molecule has 2 heterocycles. The second-order valence-electron chi connectivity index (χ2n) is 17.9. The van der Waals surface area contributed by atoms with Crippen LogP contribution in [0.4, 0.5) is 0 Å². The lowest BCUT2D eigenvalue weighted by Crippen LogP contribution is -2.31. The molecule has 8 aromatic rings. The predicted octanol–water partition coefficient (Wildman–Crippen LogP) is 13.3. The second kappa shape index (κ2) is 16.0. The van der Waals surface area contributed by atoms with Crippen LogP contribution in [0.15, 0.2) is 173 Å². The average molecular weight is 939 g/mol. The van der Waals surface area contributed by atoms with E-state index in [0.29, 0.717) is 5.46 Å². The highest BCUT2D eigenvalue weighted by molar-refractivity contribution is 9.11. The van der Waals surface area contributed by atoms with Crippen molar-refractivity contribution in [1.29, 1.82) is 0 Å². The number of benzene rings is 6. The van der Waals surface area contributed by atoms with Crippen LogP contribution in [0.2, 0.25) is 0 Å². The molecule has 0 saturated carbocycles. The quantitative estimate of drug-likeness (QED) is 0.137. The summed E-state index contributed by atoms with van der Waals surface area (Å²) in [5.41, 5.74) is 20.9. The van der Waals surface area contributed by atoms with E-state index in [2.05, 4.69) is 188 Å². The molecule has 7 heteroatoms. The Balaban J connectivity index is 0.000000155. The van der Waals surface area contributed by atoms with Crippen molar-refractivity contribution in [1.82, 2.24) is 9.97 Å². The number of fused-ring (bicyclic) bond motifs is 9. The van der Waals surface area contributed by atoms with Crippen molar-refractivity contribution in [3.05, 3.63) is 207 Å². The van der Waals surface area contributed by atoms with Gasteiger partial charge in [-0.1, -0.05) is 163 Å². The van der Waals surface area contributed by atoms with E-state index in [1.165, 1.54) is 72.3 Å². The van der Waals surface area contributed by atoms with Crippen molar-refractivity contribution in [2.45, 2.75) is 57.8 Å². The van der Waals surface area contributed by atoms with Crippen molar-refractivity contribution in [3.63, 3.8) is 0 Å². The lowest BCUT2D eigenvalue weighted by atomic mass is 9.75. The van der Waals surface area contributed by atoms with Gasteiger partial charge in [-0.05, 0) is 140 Å². The van der Waals surface area contributed by atoms with E-state index < -0.39 is 7.12 Å². The molecule has 0 aliphatic heterocycles. The Kier molecular flexibility index (Phi) is 10.8. The van der Waals surface area contributed by atoms with Gasteiger partial charge in [0.15, 0.2) is 0 Å². The van der Waals surface area contributed by atoms with Gasteiger partial charge in [0.2, 0.25) is 0 Å². The summed E-state index contributed by atoms with van der Waals surface area (Å²) in [5, 5.41) is 18.6. The van der Waals surface area contributed by atoms with Gasteiger partial charge >= 0.3 is 7.12 Å². The standard InChI is InChI=1S/C35H29N.C15H15BO2.C5H3Br2N/c1-34(2)29-11-7-5-9-25(29)27-16-13-22(19-31(27)34)24-15-18-33(36-21-24)23-14-17-28-26-10-6-8-12-30(26)35(3,4)32(28)20-23;1-15(2)13-6-4-3-5-11(13)12-8-7-10(16(17)18)9-14(12)15;6-4-1-2-5(7)8-3-4/h5-21H,1-4H3;3-9,17-18H,1-2H3;1-3H. The summed E-state index contributed by atoms with van der Waals surface area (Å²) in [4.78, 5) is 8.87. The maximum atomic E-state index is 9.30. The number of pyridine rings is 2. The summed E-state index contributed by atoms with van der Waals surface area (Å²) in [5.74, 6) is 0. The molecule has 62 heavy (non-hydrogen) atoms. The zero-order valence-corrected chi connectivity index (χ0v) is 38.9. The zero-order valence-electron chi connectivity index (χ0n) is 35.7. The van der Waals surface area contributed by atoms with Gasteiger partial charge in [-0.25, -0.2) is 4.98 Å². The molecule has 306 valence electrons. The smallest absolute Gasteiger partial charge is 0.423 e. The van der Waals surface area contributed by atoms with Crippen LogP contribution in [0.25, 0.3) is 55.8 Å². The molecule has 0 radical (unpaired) electrons. The molecule has 0 saturated heterocycles. The van der Waals surface area contributed by atoms with E-state index in [9.17, 15) is 10.0 Å². The Labute approximate surface area is 382 Å².